The van der Waals surface area contributed by atoms with Crippen molar-refractivity contribution < 1.29 is 4.79 Å². The van der Waals surface area contributed by atoms with Gasteiger partial charge in [-0.2, -0.15) is 5.26 Å². The summed E-state index contributed by atoms with van der Waals surface area (Å²) in [6, 6.07) is 2.13. The lowest BCUT2D eigenvalue weighted by atomic mass is 10.1. The minimum Gasteiger partial charge on any atom is -0.383 e. The molecule has 0 amide bonds. The van der Waals surface area contributed by atoms with Crippen LogP contribution in [-0.2, 0) is 0 Å². The molecule has 0 aliphatic heterocycles. The molecule has 0 atom stereocenters. The van der Waals surface area contributed by atoms with Crippen LogP contribution in [0.1, 0.15) is 20.8 Å². The quantitative estimate of drug-likeness (QED) is 0.477. The molecule has 1 heterocycles. The van der Waals surface area contributed by atoms with Crippen LogP contribution < -0.4 is 0 Å². The second kappa shape index (κ2) is 5.89. The maximum atomic E-state index is 12.0. The predicted molar refractivity (Wildman–Crippen MR) is 72.7 cm³/mol. The highest BCUT2D eigenvalue weighted by molar-refractivity contribution is 8.00. The monoisotopic (exact) mass is 266 g/mol. The van der Waals surface area contributed by atoms with Crippen LogP contribution >= 0.6 is 23.1 Å². The Balaban J connectivity index is 3.17. The van der Waals surface area contributed by atoms with E-state index in [4.69, 9.17) is 5.26 Å². The molecule has 3 nitrogen and oxygen atoms in total. The van der Waals surface area contributed by atoms with Crippen molar-refractivity contribution in [3.05, 3.63) is 28.3 Å². The summed E-state index contributed by atoms with van der Waals surface area (Å²) in [6.45, 7) is 1.82. The summed E-state index contributed by atoms with van der Waals surface area (Å²) < 4.78 is 0.910. The Morgan fingerprint density at radius 1 is 1.53 bits per heavy atom. The number of thioether (sulfide) groups is 1. The van der Waals surface area contributed by atoms with Gasteiger partial charge in [-0.25, -0.2) is 0 Å². The second-order valence-corrected chi connectivity index (χ2v) is 5.77. The molecule has 0 aliphatic carbocycles. The maximum Gasteiger partial charge on any atom is 0.189 e. The second-order valence-electron chi connectivity index (χ2n) is 3.68. The molecule has 1 rings (SSSR count). The van der Waals surface area contributed by atoms with Gasteiger partial charge in [0, 0.05) is 26.4 Å². The molecule has 0 aromatic carbocycles. The third-order valence-electron chi connectivity index (χ3n) is 2.17. The van der Waals surface area contributed by atoms with Crippen LogP contribution in [0.15, 0.2) is 16.5 Å². The zero-order valence-corrected chi connectivity index (χ0v) is 11.9. The van der Waals surface area contributed by atoms with Gasteiger partial charge < -0.3 is 4.90 Å². The van der Waals surface area contributed by atoms with Crippen molar-refractivity contribution in [1.29, 1.82) is 5.26 Å². The molecule has 0 bridgehead atoms. The van der Waals surface area contributed by atoms with Gasteiger partial charge in [-0.05, 0) is 18.7 Å². The van der Waals surface area contributed by atoms with Gasteiger partial charge in [0.05, 0.1) is 9.77 Å². The Morgan fingerprint density at radius 2 is 2.18 bits per heavy atom. The van der Waals surface area contributed by atoms with E-state index in [2.05, 4.69) is 6.07 Å². The van der Waals surface area contributed by atoms with E-state index in [1.165, 1.54) is 29.2 Å². The van der Waals surface area contributed by atoms with Gasteiger partial charge in [-0.3, -0.25) is 4.79 Å². The van der Waals surface area contributed by atoms with Crippen LogP contribution in [0.5, 0.6) is 0 Å². The minimum atomic E-state index is -0.0432. The average molecular weight is 266 g/mol. The van der Waals surface area contributed by atoms with Crippen molar-refractivity contribution in [2.24, 2.45) is 0 Å². The number of hydrogen-bond acceptors (Lipinski definition) is 5. The summed E-state index contributed by atoms with van der Waals surface area (Å²) in [7, 11) is 3.72. The van der Waals surface area contributed by atoms with Crippen molar-refractivity contribution in [2.45, 2.75) is 11.1 Å². The van der Waals surface area contributed by atoms with Crippen LogP contribution in [0.25, 0.3) is 0 Å². The third-order valence-corrected chi connectivity index (χ3v) is 4.49. The standard InChI is InChI=1S/C12H14N2OS2/c1-8-10(7-13)17-12(16-4)11(8)9(15)5-6-14(2)3/h5-6H,1-4H3/b6-5+. The van der Waals surface area contributed by atoms with E-state index in [-0.39, 0.29) is 5.78 Å². The number of hydrogen-bond donors (Lipinski definition) is 0. The number of carbonyl (C=O) groups is 1. The van der Waals surface area contributed by atoms with Crippen LogP contribution in [0, 0.1) is 18.3 Å². The lowest BCUT2D eigenvalue weighted by Gasteiger charge is -2.03. The van der Waals surface area contributed by atoms with E-state index >= 15 is 0 Å². The number of thiophene rings is 1. The van der Waals surface area contributed by atoms with Crippen molar-refractivity contribution >= 4 is 28.9 Å². The highest BCUT2D eigenvalue weighted by atomic mass is 32.2. The molecule has 1 aromatic rings. The van der Waals surface area contributed by atoms with Crippen molar-refractivity contribution in [1.82, 2.24) is 4.90 Å². The summed E-state index contributed by atoms with van der Waals surface area (Å²) in [5.41, 5.74) is 1.45. The summed E-state index contributed by atoms with van der Waals surface area (Å²) in [5, 5.41) is 8.97. The Bertz CT molecular complexity index is 495. The van der Waals surface area contributed by atoms with E-state index in [0.717, 1.165) is 9.77 Å². The number of allylic oxidation sites excluding steroid dienone is 1. The SMILES string of the molecule is CSc1sc(C#N)c(C)c1C(=O)/C=C/N(C)C. The molecule has 0 fully saturated rings. The number of nitrogens with zero attached hydrogens (tertiary/aromatic N) is 2. The number of rotatable bonds is 4. The van der Waals surface area contributed by atoms with Crippen LogP contribution in [0.3, 0.4) is 0 Å². The molecule has 0 radical (unpaired) electrons. The fourth-order valence-electron chi connectivity index (χ4n) is 1.32. The topological polar surface area (TPSA) is 44.1 Å². The first-order chi connectivity index (χ1) is 8.01. The molecule has 0 saturated heterocycles. The van der Waals surface area contributed by atoms with E-state index in [1.54, 1.807) is 6.20 Å². The van der Waals surface area contributed by atoms with Crippen LogP contribution in [0.4, 0.5) is 0 Å². The fourth-order valence-corrected chi connectivity index (χ4v) is 3.21. The molecule has 1 aromatic heterocycles. The average Bonchev–Trinajstić information content (AvgIpc) is 2.62. The molecule has 0 N–H and O–H groups in total. The van der Waals surface area contributed by atoms with Crippen molar-refractivity contribution in [3.8, 4) is 6.07 Å². The highest BCUT2D eigenvalue weighted by Gasteiger charge is 2.18. The molecular formula is C12H14N2OS2. The zero-order valence-electron chi connectivity index (χ0n) is 10.3. The van der Waals surface area contributed by atoms with E-state index in [1.807, 2.05) is 32.2 Å². The lowest BCUT2D eigenvalue weighted by Crippen LogP contribution is -2.04. The van der Waals surface area contributed by atoms with E-state index in [0.29, 0.717) is 10.4 Å². The summed E-state index contributed by atoms with van der Waals surface area (Å²) in [5.74, 6) is -0.0432. The smallest absolute Gasteiger partial charge is 0.189 e. The van der Waals surface area contributed by atoms with Crippen molar-refractivity contribution in [3.63, 3.8) is 0 Å². The Morgan fingerprint density at radius 3 is 2.65 bits per heavy atom. The molecule has 0 spiro atoms. The molecule has 90 valence electrons. The molecular weight excluding hydrogens is 252 g/mol. The molecule has 5 heteroatoms. The lowest BCUT2D eigenvalue weighted by molar-refractivity contribution is 0.104. The largest absolute Gasteiger partial charge is 0.383 e. The fraction of sp³-hybridized carbons (Fsp3) is 0.333. The molecule has 0 saturated carbocycles. The Kier molecular flexibility index (Phi) is 4.79. The van der Waals surface area contributed by atoms with E-state index in [9.17, 15) is 4.79 Å². The van der Waals surface area contributed by atoms with Gasteiger partial charge in [0.15, 0.2) is 5.78 Å². The molecule has 0 unspecified atom stereocenters. The first kappa shape index (κ1) is 13.8. The molecule has 0 aliphatic rings. The summed E-state index contributed by atoms with van der Waals surface area (Å²) >= 11 is 2.89. The van der Waals surface area contributed by atoms with Gasteiger partial charge in [-0.1, -0.05) is 0 Å². The normalized spacial score (nSPS) is 10.5. The summed E-state index contributed by atoms with van der Waals surface area (Å²) in [6.07, 6.45) is 5.17. The van der Waals surface area contributed by atoms with Gasteiger partial charge >= 0.3 is 0 Å². The van der Waals surface area contributed by atoms with Crippen molar-refractivity contribution in [2.75, 3.05) is 20.4 Å². The third kappa shape index (κ3) is 3.11. The Labute approximate surface area is 110 Å². The van der Waals surface area contributed by atoms with Crippen LogP contribution in [-0.4, -0.2) is 31.0 Å². The number of carbonyl (C=O) groups excluding carboxylic acids is 1. The highest BCUT2D eigenvalue weighted by Crippen LogP contribution is 2.34. The Hall–Kier alpha value is -1.25. The maximum absolute atomic E-state index is 12.0. The first-order valence-electron chi connectivity index (χ1n) is 4.97. The number of ketones is 1. The van der Waals surface area contributed by atoms with Gasteiger partial charge in [0.25, 0.3) is 0 Å². The zero-order chi connectivity index (χ0) is 13.0. The predicted octanol–water partition coefficient (Wildman–Crippen LogP) is 2.91. The van der Waals surface area contributed by atoms with Gasteiger partial charge in [0.2, 0.25) is 0 Å². The number of nitriles is 1. The van der Waals surface area contributed by atoms with Crippen LogP contribution in [0.2, 0.25) is 0 Å². The van der Waals surface area contributed by atoms with Gasteiger partial charge in [0.1, 0.15) is 10.9 Å². The van der Waals surface area contributed by atoms with Gasteiger partial charge in [-0.15, -0.1) is 23.1 Å². The first-order valence-corrected chi connectivity index (χ1v) is 7.01. The summed E-state index contributed by atoms with van der Waals surface area (Å²) in [4.78, 5) is 14.5. The minimum absolute atomic E-state index is 0.0432. The van der Waals surface area contributed by atoms with E-state index < -0.39 is 0 Å². The molecule has 17 heavy (non-hydrogen) atoms.